The second-order valence-corrected chi connectivity index (χ2v) is 5.09. The number of halogens is 1. The van der Waals surface area contributed by atoms with Gasteiger partial charge in [-0.1, -0.05) is 13.0 Å². The molecule has 0 bridgehead atoms. The second-order valence-electron chi connectivity index (χ2n) is 5.09. The van der Waals surface area contributed by atoms with E-state index < -0.39 is 0 Å². The Bertz CT molecular complexity index is 464. The predicted molar refractivity (Wildman–Crippen MR) is 78.2 cm³/mol. The summed E-state index contributed by atoms with van der Waals surface area (Å²) < 4.78 is 14.2. The number of carbonyl (C=O) groups is 1. The monoisotopic (exact) mass is 279 g/mol. The molecule has 2 rings (SSSR count). The summed E-state index contributed by atoms with van der Waals surface area (Å²) in [5.74, 6) is -0.300. The molecule has 4 nitrogen and oxygen atoms in total. The Labute approximate surface area is 119 Å². The number of carbonyl (C=O) groups excluding carboxylic acids is 1. The fraction of sp³-hybridized carbons (Fsp3) is 0.533. The standard InChI is InChI=1S/C15H22FN3O/c1-2-6-17-10-12-4-5-14(13(16)9-12)19-8-3-7-18-15(20)11-19/h4-5,9,17H,2-3,6-8,10-11H2,1H3,(H,18,20). The molecule has 0 radical (unpaired) electrons. The van der Waals surface area contributed by atoms with Crippen LogP contribution in [-0.4, -0.2) is 32.1 Å². The molecule has 1 aromatic carbocycles. The van der Waals surface area contributed by atoms with Crippen molar-refractivity contribution in [1.82, 2.24) is 10.6 Å². The van der Waals surface area contributed by atoms with Gasteiger partial charge < -0.3 is 15.5 Å². The molecular formula is C15H22FN3O. The van der Waals surface area contributed by atoms with Crippen LogP contribution in [0.2, 0.25) is 0 Å². The number of rotatable bonds is 5. The van der Waals surface area contributed by atoms with Crippen LogP contribution in [-0.2, 0) is 11.3 Å². The van der Waals surface area contributed by atoms with Gasteiger partial charge in [0.15, 0.2) is 0 Å². The van der Waals surface area contributed by atoms with Crippen LogP contribution in [0.25, 0.3) is 0 Å². The Morgan fingerprint density at radius 2 is 2.30 bits per heavy atom. The van der Waals surface area contributed by atoms with Crippen molar-refractivity contribution in [2.45, 2.75) is 26.3 Å². The van der Waals surface area contributed by atoms with Gasteiger partial charge in [0.1, 0.15) is 5.82 Å². The number of benzene rings is 1. The van der Waals surface area contributed by atoms with Crippen molar-refractivity contribution in [3.8, 4) is 0 Å². The number of hydrogen-bond donors (Lipinski definition) is 2. The molecule has 0 aliphatic carbocycles. The summed E-state index contributed by atoms with van der Waals surface area (Å²) in [7, 11) is 0. The number of nitrogens with zero attached hydrogens (tertiary/aromatic N) is 1. The zero-order valence-corrected chi connectivity index (χ0v) is 11.9. The van der Waals surface area contributed by atoms with E-state index in [0.29, 0.717) is 25.3 Å². The molecule has 5 heteroatoms. The van der Waals surface area contributed by atoms with E-state index in [0.717, 1.165) is 24.9 Å². The molecule has 1 fully saturated rings. The molecule has 0 aromatic heterocycles. The van der Waals surface area contributed by atoms with Gasteiger partial charge in [0.25, 0.3) is 0 Å². The van der Waals surface area contributed by atoms with Crippen molar-refractivity contribution in [2.24, 2.45) is 0 Å². The third kappa shape index (κ3) is 3.93. The van der Waals surface area contributed by atoms with Crippen molar-refractivity contribution in [3.63, 3.8) is 0 Å². The number of anilines is 1. The topological polar surface area (TPSA) is 44.4 Å². The van der Waals surface area contributed by atoms with Gasteiger partial charge in [-0.05, 0) is 37.1 Å². The molecule has 110 valence electrons. The molecule has 1 saturated heterocycles. The van der Waals surface area contributed by atoms with Crippen LogP contribution in [0.1, 0.15) is 25.3 Å². The maximum Gasteiger partial charge on any atom is 0.239 e. The van der Waals surface area contributed by atoms with Gasteiger partial charge in [0, 0.05) is 19.6 Å². The van der Waals surface area contributed by atoms with E-state index in [2.05, 4.69) is 17.6 Å². The average molecular weight is 279 g/mol. The molecule has 0 unspecified atom stereocenters. The van der Waals surface area contributed by atoms with Crippen molar-refractivity contribution in [3.05, 3.63) is 29.6 Å². The SMILES string of the molecule is CCCNCc1ccc(N2CCCNC(=O)C2)c(F)c1. The Balaban J connectivity index is 2.06. The van der Waals surface area contributed by atoms with Crippen LogP contribution < -0.4 is 15.5 Å². The minimum absolute atomic E-state index is 0.0458. The van der Waals surface area contributed by atoms with Crippen LogP contribution >= 0.6 is 0 Å². The Hall–Kier alpha value is -1.62. The number of amides is 1. The van der Waals surface area contributed by atoms with Crippen molar-refractivity contribution < 1.29 is 9.18 Å². The quantitative estimate of drug-likeness (QED) is 0.806. The van der Waals surface area contributed by atoms with E-state index in [1.54, 1.807) is 17.0 Å². The van der Waals surface area contributed by atoms with E-state index >= 15 is 0 Å². The van der Waals surface area contributed by atoms with Crippen LogP contribution in [0.5, 0.6) is 0 Å². The van der Waals surface area contributed by atoms with Gasteiger partial charge in [-0.15, -0.1) is 0 Å². The highest BCUT2D eigenvalue weighted by molar-refractivity contribution is 5.81. The Kier molecular flexibility index (Phi) is 5.35. The third-order valence-corrected chi connectivity index (χ3v) is 3.37. The summed E-state index contributed by atoms with van der Waals surface area (Å²) in [6, 6.07) is 5.25. The van der Waals surface area contributed by atoms with Crippen molar-refractivity contribution in [2.75, 3.05) is 31.1 Å². The van der Waals surface area contributed by atoms with E-state index in [1.165, 1.54) is 0 Å². The summed E-state index contributed by atoms with van der Waals surface area (Å²) in [6.07, 6.45) is 1.90. The zero-order chi connectivity index (χ0) is 14.4. The maximum absolute atomic E-state index is 14.2. The molecule has 0 spiro atoms. The van der Waals surface area contributed by atoms with Gasteiger partial charge in [0.05, 0.1) is 12.2 Å². The number of nitrogens with one attached hydrogen (secondary N) is 2. The molecular weight excluding hydrogens is 257 g/mol. The summed E-state index contributed by atoms with van der Waals surface area (Å²) >= 11 is 0. The van der Waals surface area contributed by atoms with Gasteiger partial charge >= 0.3 is 0 Å². The first-order chi connectivity index (χ1) is 9.70. The average Bonchev–Trinajstić information content (AvgIpc) is 2.64. The van der Waals surface area contributed by atoms with Crippen LogP contribution in [0, 0.1) is 5.82 Å². The first-order valence-electron chi connectivity index (χ1n) is 7.21. The summed E-state index contributed by atoms with van der Waals surface area (Å²) in [6.45, 7) is 5.28. The minimum atomic E-state index is -0.254. The fourth-order valence-electron chi connectivity index (χ4n) is 2.34. The van der Waals surface area contributed by atoms with Gasteiger partial charge in [-0.25, -0.2) is 4.39 Å². The first kappa shape index (κ1) is 14.8. The smallest absolute Gasteiger partial charge is 0.239 e. The molecule has 1 heterocycles. The van der Waals surface area contributed by atoms with E-state index in [-0.39, 0.29) is 18.3 Å². The lowest BCUT2D eigenvalue weighted by Gasteiger charge is -2.22. The summed E-state index contributed by atoms with van der Waals surface area (Å²) in [5.41, 5.74) is 1.44. The van der Waals surface area contributed by atoms with Gasteiger partial charge in [0.2, 0.25) is 5.91 Å². The molecule has 2 N–H and O–H groups in total. The third-order valence-electron chi connectivity index (χ3n) is 3.37. The van der Waals surface area contributed by atoms with E-state index in [4.69, 9.17) is 0 Å². The lowest BCUT2D eigenvalue weighted by molar-refractivity contribution is -0.119. The molecule has 1 aliphatic rings. The van der Waals surface area contributed by atoms with Crippen molar-refractivity contribution >= 4 is 11.6 Å². The minimum Gasteiger partial charge on any atom is -0.360 e. The van der Waals surface area contributed by atoms with Crippen LogP contribution in [0.3, 0.4) is 0 Å². The van der Waals surface area contributed by atoms with Crippen LogP contribution in [0.4, 0.5) is 10.1 Å². The largest absolute Gasteiger partial charge is 0.360 e. The molecule has 1 amide bonds. The van der Waals surface area contributed by atoms with Gasteiger partial charge in [-0.3, -0.25) is 4.79 Å². The van der Waals surface area contributed by atoms with Crippen LogP contribution in [0.15, 0.2) is 18.2 Å². The fourth-order valence-corrected chi connectivity index (χ4v) is 2.34. The number of hydrogen-bond acceptors (Lipinski definition) is 3. The highest BCUT2D eigenvalue weighted by Crippen LogP contribution is 2.21. The highest BCUT2D eigenvalue weighted by Gasteiger charge is 2.17. The molecule has 1 aromatic rings. The lowest BCUT2D eigenvalue weighted by atomic mass is 10.1. The molecule has 1 aliphatic heterocycles. The predicted octanol–water partition coefficient (Wildman–Crippen LogP) is 1.65. The maximum atomic E-state index is 14.2. The normalized spacial score (nSPS) is 15.9. The Morgan fingerprint density at radius 3 is 3.05 bits per heavy atom. The summed E-state index contributed by atoms with van der Waals surface area (Å²) in [5, 5.41) is 6.05. The molecule has 0 atom stereocenters. The zero-order valence-electron chi connectivity index (χ0n) is 11.9. The molecule has 0 saturated carbocycles. The second kappa shape index (κ2) is 7.24. The van der Waals surface area contributed by atoms with Crippen molar-refractivity contribution in [1.29, 1.82) is 0 Å². The van der Waals surface area contributed by atoms with Gasteiger partial charge in [-0.2, -0.15) is 0 Å². The summed E-state index contributed by atoms with van der Waals surface area (Å²) in [4.78, 5) is 13.3. The Morgan fingerprint density at radius 1 is 1.45 bits per heavy atom. The first-order valence-corrected chi connectivity index (χ1v) is 7.21. The van der Waals surface area contributed by atoms with E-state index in [9.17, 15) is 9.18 Å². The highest BCUT2D eigenvalue weighted by atomic mass is 19.1. The molecule has 20 heavy (non-hydrogen) atoms. The van der Waals surface area contributed by atoms with E-state index in [1.807, 2.05) is 6.07 Å². The lowest BCUT2D eigenvalue weighted by Crippen LogP contribution is -2.33.